The molecule has 2 saturated heterocycles. The van der Waals surface area contributed by atoms with Gasteiger partial charge in [0.05, 0.1) is 7.11 Å². The highest BCUT2D eigenvalue weighted by molar-refractivity contribution is 5.83. The van der Waals surface area contributed by atoms with E-state index >= 15 is 0 Å². The first-order chi connectivity index (χ1) is 12.8. The summed E-state index contributed by atoms with van der Waals surface area (Å²) in [6, 6.07) is 13.0. The second-order valence-electron chi connectivity index (χ2n) is 7.54. The van der Waals surface area contributed by atoms with Gasteiger partial charge in [0.25, 0.3) is 0 Å². The number of anilines is 1. The summed E-state index contributed by atoms with van der Waals surface area (Å²) in [4.78, 5) is 10.4. The van der Waals surface area contributed by atoms with Crippen LogP contribution < -0.4 is 15.0 Å². The van der Waals surface area contributed by atoms with Crippen LogP contribution in [0.15, 0.2) is 48.8 Å². The van der Waals surface area contributed by atoms with Gasteiger partial charge in [-0.05, 0) is 43.0 Å². The molecule has 0 spiro atoms. The number of piperazine rings is 1. The predicted molar refractivity (Wildman–Crippen MR) is 104 cm³/mol. The molecule has 26 heavy (non-hydrogen) atoms. The highest BCUT2D eigenvalue weighted by atomic mass is 16.5. The van der Waals surface area contributed by atoms with Crippen LogP contribution in [-0.2, 0) is 6.42 Å². The molecule has 2 aromatic heterocycles. The van der Waals surface area contributed by atoms with Crippen LogP contribution in [0.1, 0.15) is 18.4 Å². The second-order valence-corrected chi connectivity index (χ2v) is 7.54. The first-order valence-corrected chi connectivity index (χ1v) is 9.34. The fraction of sp³-hybridized carbons (Fsp3) is 0.381. The number of methoxy groups -OCH3 is 1. The molecule has 0 radical (unpaired) electrons. The number of para-hydroxylation sites is 1. The molecule has 1 aromatic carbocycles. The minimum atomic E-state index is 0.172. The number of aryl methyl sites for hydroxylation is 1. The fourth-order valence-corrected chi connectivity index (χ4v) is 4.71. The van der Waals surface area contributed by atoms with Crippen molar-refractivity contribution in [1.82, 2.24) is 15.3 Å². The predicted octanol–water partition coefficient (Wildman–Crippen LogP) is 3.13. The standard InChI is InChI=1S/C21H24N4O/c1-26-19-7-4-10-22-20(19)25-14-21(11-16(25)13-24-21)9-8-15-12-23-18-6-3-2-5-17(15)18/h2-7,10,12,16,23-24H,8-9,11,13-14H2,1H3/t16-,21-/m0/s1. The van der Waals surface area contributed by atoms with Crippen LogP contribution in [-0.4, -0.2) is 41.7 Å². The summed E-state index contributed by atoms with van der Waals surface area (Å²) in [5, 5.41) is 5.14. The summed E-state index contributed by atoms with van der Waals surface area (Å²) < 4.78 is 5.54. The average molecular weight is 348 g/mol. The molecule has 0 unspecified atom stereocenters. The molecule has 2 fully saturated rings. The summed E-state index contributed by atoms with van der Waals surface area (Å²) in [6.45, 7) is 2.01. The van der Waals surface area contributed by atoms with E-state index in [0.717, 1.165) is 37.5 Å². The number of hydrogen-bond donors (Lipinski definition) is 2. The molecule has 0 amide bonds. The van der Waals surface area contributed by atoms with Crippen LogP contribution in [0, 0.1) is 0 Å². The molecule has 5 rings (SSSR count). The molecule has 0 aliphatic carbocycles. The Labute approximate surface area is 153 Å². The van der Waals surface area contributed by atoms with Crippen molar-refractivity contribution in [3.05, 3.63) is 54.4 Å². The Hall–Kier alpha value is -2.53. The third kappa shape index (κ3) is 2.46. The molecule has 5 nitrogen and oxygen atoms in total. The van der Waals surface area contributed by atoms with Crippen LogP contribution in [0.5, 0.6) is 5.75 Å². The maximum Gasteiger partial charge on any atom is 0.171 e. The molecule has 3 aromatic rings. The summed E-state index contributed by atoms with van der Waals surface area (Å²) >= 11 is 0. The first kappa shape index (κ1) is 15.7. The minimum absolute atomic E-state index is 0.172. The van der Waals surface area contributed by atoms with Crippen molar-refractivity contribution in [2.45, 2.75) is 30.8 Å². The topological polar surface area (TPSA) is 53.2 Å². The van der Waals surface area contributed by atoms with Crippen molar-refractivity contribution in [1.29, 1.82) is 0 Å². The molecule has 2 aliphatic heterocycles. The Morgan fingerprint density at radius 1 is 1.27 bits per heavy atom. The largest absolute Gasteiger partial charge is 0.493 e. The van der Waals surface area contributed by atoms with Gasteiger partial charge in [-0.2, -0.15) is 0 Å². The maximum absolute atomic E-state index is 5.54. The molecular formula is C21H24N4O. The molecule has 2 N–H and O–H groups in total. The van der Waals surface area contributed by atoms with Crippen molar-refractivity contribution in [2.75, 3.05) is 25.1 Å². The number of nitrogens with one attached hydrogen (secondary N) is 2. The van der Waals surface area contributed by atoms with Crippen molar-refractivity contribution >= 4 is 16.7 Å². The van der Waals surface area contributed by atoms with Gasteiger partial charge < -0.3 is 19.9 Å². The monoisotopic (exact) mass is 348 g/mol. The van der Waals surface area contributed by atoms with Gasteiger partial charge in [0.1, 0.15) is 0 Å². The molecule has 0 saturated carbocycles. The third-order valence-corrected chi connectivity index (χ3v) is 6.04. The highest BCUT2D eigenvalue weighted by Crippen LogP contribution is 2.41. The normalized spacial score (nSPS) is 24.5. The number of pyridine rings is 1. The number of fused-ring (bicyclic) bond motifs is 3. The van der Waals surface area contributed by atoms with Crippen molar-refractivity contribution in [3.63, 3.8) is 0 Å². The van der Waals surface area contributed by atoms with E-state index in [1.165, 1.54) is 22.9 Å². The Kier molecular flexibility index (Phi) is 3.64. The summed E-state index contributed by atoms with van der Waals surface area (Å²) in [6.07, 6.45) is 7.42. The van der Waals surface area contributed by atoms with E-state index in [9.17, 15) is 0 Å². The molecule has 134 valence electrons. The molecule has 2 bridgehead atoms. The second kappa shape index (κ2) is 6.02. The van der Waals surface area contributed by atoms with Gasteiger partial charge in [-0.3, -0.25) is 0 Å². The minimum Gasteiger partial charge on any atom is -0.493 e. The number of nitrogens with zero attached hydrogens (tertiary/aromatic N) is 2. The van der Waals surface area contributed by atoms with Crippen LogP contribution in [0.2, 0.25) is 0 Å². The van der Waals surface area contributed by atoms with Crippen molar-refractivity contribution in [2.24, 2.45) is 0 Å². The van der Waals surface area contributed by atoms with Gasteiger partial charge in [-0.25, -0.2) is 4.98 Å². The van der Waals surface area contributed by atoms with E-state index in [-0.39, 0.29) is 5.54 Å². The average Bonchev–Trinajstić information content (AvgIpc) is 3.39. The van der Waals surface area contributed by atoms with Gasteiger partial charge in [0.2, 0.25) is 0 Å². The van der Waals surface area contributed by atoms with E-state index in [4.69, 9.17) is 4.74 Å². The highest BCUT2D eigenvalue weighted by Gasteiger charge is 2.49. The van der Waals surface area contributed by atoms with E-state index < -0.39 is 0 Å². The van der Waals surface area contributed by atoms with Gasteiger partial charge >= 0.3 is 0 Å². The van der Waals surface area contributed by atoms with Gasteiger partial charge in [0, 0.05) is 48.0 Å². The third-order valence-electron chi connectivity index (χ3n) is 6.04. The van der Waals surface area contributed by atoms with E-state index in [1.807, 2.05) is 18.3 Å². The molecule has 2 aliphatic rings. The summed E-state index contributed by atoms with van der Waals surface area (Å²) in [7, 11) is 1.72. The Morgan fingerprint density at radius 2 is 2.19 bits per heavy atom. The number of aromatic amines is 1. The number of hydrogen-bond acceptors (Lipinski definition) is 4. The van der Waals surface area contributed by atoms with Crippen LogP contribution in [0.3, 0.4) is 0 Å². The van der Waals surface area contributed by atoms with Gasteiger partial charge in [-0.15, -0.1) is 0 Å². The van der Waals surface area contributed by atoms with Crippen LogP contribution in [0.25, 0.3) is 10.9 Å². The fourth-order valence-electron chi connectivity index (χ4n) is 4.71. The Bertz CT molecular complexity index is 936. The SMILES string of the molecule is COc1cccnc1N1C[C@]2(CCc3c[nH]c4ccccc34)C[C@H]1CN2. The molecule has 2 atom stereocenters. The zero-order chi connectivity index (χ0) is 17.6. The Morgan fingerprint density at radius 3 is 3.12 bits per heavy atom. The van der Waals surface area contributed by atoms with Gasteiger partial charge in [0.15, 0.2) is 11.6 Å². The number of benzene rings is 1. The molecule has 4 heterocycles. The quantitative estimate of drug-likeness (QED) is 0.744. The lowest BCUT2D eigenvalue weighted by Gasteiger charge is -2.35. The van der Waals surface area contributed by atoms with E-state index in [0.29, 0.717) is 6.04 Å². The zero-order valence-electron chi connectivity index (χ0n) is 15.0. The number of aromatic nitrogens is 2. The number of ether oxygens (including phenoxy) is 1. The lowest BCUT2D eigenvalue weighted by atomic mass is 9.91. The Balaban J connectivity index is 1.36. The van der Waals surface area contributed by atoms with Gasteiger partial charge in [-0.1, -0.05) is 18.2 Å². The number of rotatable bonds is 5. The van der Waals surface area contributed by atoms with E-state index in [1.54, 1.807) is 7.11 Å². The lowest BCUT2D eigenvalue weighted by molar-refractivity contribution is 0.367. The van der Waals surface area contributed by atoms with Crippen LogP contribution in [0.4, 0.5) is 5.82 Å². The first-order valence-electron chi connectivity index (χ1n) is 9.34. The number of H-pyrrole nitrogens is 1. The lowest BCUT2D eigenvalue weighted by Crippen LogP contribution is -2.52. The van der Waals surface area contributed by atoms with Crippen LogP contribution >= 0.6 is 0 Å². The van der Waals surface area contributed by atoms with Crippen molar-refractivity contribution < 1.29 is 4.74 Å². The maximum atomic E-state index is 5.54. The molecule has 5 heteroatoms. The summed E-state index contributed by atoms with van der Waals surface area (Å²) in [5.41, 5.74) is 2.81. The summed E-state index contributed by atoms with van der Waals surface area (Å²) in [5.74, 6) is 1.85. The smallest absolute Gasteiger partial charge is 0.171 e. The van der Waals surface area contributed by atoms with Crippen molar-refractivity contribution in [3.8, 4) is 5.75 Å². The molecular weight excluding hydrogens is 324 g/mol. The van der Waals surface area contributed by atoms with E-state index in [2.05, 4.69) is 50.6 Å². The zero-order valence-corrected chi connectivity index (χ0v) is 15.0.